The highest BCUT2D eigenvalue weighted by Crippen LogP contribution is 2.22. The number of carbonyl (C=O) groups is 1. The number of amides is 1. The molecule has 1 N–H and O–H groups in total. The molecule has 158 valence electrons. The van der Waals surface area contributed by atoms with Crippen LogP contribution in [0.1, 0.15) is 25.8 Å². The zero-order chi connectivity index (χ0) is 21.4. The SMILES string of the molecule is CCOc1ccccc1CNC(=O)[C@@H](CC)Oc1ccc(N(C)S(C)(=O)=O)cc1. The summed E-state index contributed by atoms with van der Waals surface area (Å²) in [6.07, 6.45) is 0.968. The minimum absolute atomic E-state index is 0.226. The van der Waals surface area contributed by atoms with Crippen LogP contribution < -0.4 is 19.1 Å². The summed E-state index contributed by atoms with van der Waals surface area (Å²) >= 11 is 0. The van der Waals surface area contributed by atoms with Crippen molar-refractivity contribution in [2.75, 3.05) is 24.2 Å². The first-order valence-corrected chi connectivity index (χ1v) is 11.3. The molecule has 0 heterocycles. The lowest BCUT2D eigenvalue weighted by atomic mass is 10.2. The molecule has 2 aromatic rings. The number of nitrogens with zero attached hydrogens (tertiary/aromatic N) is 1. The highest BCUT2D eigenvalue weighted by atomic mass is 32.2. The number of hydrogen-bond donors (Lipinski definition) is 1. The fourth-order valence-electron chi connectivity index (χ4n) is 2.65. The average Bonchev–Trinajstić information content (AvgIpc) is 2.70. The van der Waals surface area contributed by atoms with Crippen molar-refractivity contribution < 1.29 is 22.7 Å². The van der Waals surface area contributed by atoms with Gasteiger partial charge in [0.05, 0.1) is 18.6 Å². The Hall–Kier alpha value is -2.74. The molecule has 0 saturated heterocycles. The first-order valence-electron chi connectivity index (χ1n) is 9.45. The highest BCUT2D eigenvalue weighted by Gasteiger charge is 2.19. The van der Waals surface area contributed by atoms with E-state index in [4.69, 9.17) is 9.47 Å². The van der Waals surface area contributed by atoms with Crippen LogP contribution in [-0.2, 0) is 21.4 Å². The normalized spacial score (nSPS) is 12.1. The molecule has 0 aliphatic carbocycles. The first kappa shape index (κ1) is 22.5. The molecule has 0 saturated carbocycles. The van der Waals surface area contributed by atoms with Gasteiger partial charge >= 0.3 is 0 Å². The lowest BCUT2D eigenvalue weighted by molar-refractivity contribution is -0.128. The number of para-hydroxylation sites is 1. The molecule has 0 fully saturated rings. The number of carbonyl (C=O) groups excluding carboxylic acids is 1. The van der Waals surface area contributed by atoms with E-state index in [2.05, 4.69) is 5.32 Å². The zero-order valence-corrected chi connectivity index (χ0v) is 18.0. The second-order valence-corrected chi connectivity index (χ2v) is 8.51. The topological polar surface area (TPSA) is 84.9 Å². The molecular weight excluding hydrogens is 392 g/mol. The molecule has 2 aromatic carbocycles. The van der Waals surface area contributed by atoms with Crippen LogP contribution >= 0.6 is 0 Å². The van der Waals surface area contributed by atoms with Gasteiger partial charge in [-0.25, -0.2) is 8.42 Å². The van der Waals surface area contributed by atoms with Gasteiger partial charge in [0.15, 0.2) is 6.10 Å². The average molecular weight is 421 g/mol. The summed E-state index contributed by atoms with van der Waals surface area (Å²) in [4.78, 5) is 12.6. The van der Waals surface area contributed by atoms with Crippen LogP contribution in [0.5, 0.6) is 11.5 Å². The summed E-state index contributed by atoms with van der Waals surface area (Å²) in [6.45, 7) is 4.67. The molecule has 0 radical (unpaired) electrons. The highest BCUT2D eigenvalue weighted by molar-refractivity contribution is 7.92. The molecule has 8 heteroatoms. The maximum atomic E-state index is 12.6. The van der Waals surface area contributed by atoms with E-state index in [1.54, 1.807) is 24.3 Å². The summed E-state index contributed by atoms with van der Waals surface area (Å²) in [5, 5.41) is 2.89. The number of ether oxygens (including phenoxy) is 2. The summed E-state index contributed by atoms with van der Waals surface area (Å²) in [5.41, 5.74) is 1.41. The summed E-state index contributed by atoms with van der Waals surface area (Å²) in [6, 6.07) is 14.1. The van der Waals surface area contributed by atoms with Crippen molar-refractivity contribution in [3.63, 3.8) is 0 Å². The Bertz CT molecular complexity index is 913. The lowest BCUT2D eigenvalue weighted by Crippen LogP contribution is -2.37. The number of sulfonamides is 1. The van der Waals surface area contributed by atoms with Gasteiger partial charge in [0.25, 0.3) is 5.91 Å². The predicted molar refractivity (Wildman–Crippen MR) is 114 cm³/mol. The van der Waals surface area contributed by atoms with Crippen molar-refractivity contribution in [3.05, 3.63) is 54.1 Å². The molecule has 0 bridgehead atoms. The van der Waals surface area contributed by atoms with E-state index in [0.29, 0.717) is 31.0 Å². The van der Waals surface area contributed by atoms with Gasteiger partial charge in [0.2, 0.25) is 10.0 Å². The Morgan fingerprint density at radius 1 is 1.10 bits per heavy atom. The number of rotatable bonds is 10. The molecule has 1 amide bonds. The lowest BCUT2D eigenvalue weighted by Gasteiger charge is -2.20. The van der Waals surface area contributed by atoms with Gasteiger partial charge in [-0.15, -0.1) is 0 Å². The third-order valence-electron chi connectivity index (χ3n) is 4.36. The van der Waals surface area contributed by atoms with Crippen molar-refractivity contribution in [1.29, 1.82) is 0 Å². The van der Waals surface area contributed by atoms with E-state index >= 15 is 0 Å². The number of nitrogens with one attached hydrogen (secondary N) is 1. The van der Waals surface area contributed by atoms with Crippen molar-refractivity contribution in [3.8, 4) is 11.5 Å². The smallest absolute Gasteiger partial charge is 0.261 e. The van der Waals surface area contributed by atoms with E-state index in [0.717, 1.165) is 17.6 Å². The van der Waals surface area contributed by atoms with Crippen LogP contribution in [0.15, 0.2) is 48.5 Å². The van der Waals surface area contributed by atoms with E-state index in [1.807, 2.05) is 38.1 Å². The minimum atomic E-state index is -3.33. The van der Waals surface area contributed by atoms with E-state index in [1.165, 1.54) is 11.4 Å². The summed E-state index contributed by atoms with van der Waals surface area (Å²) in [5.74, 6) is 1.01. The minimum Gasteiger partial charge on any atom is -0.494 e. The predicted octanol–water partition coefficient (Wildman–Crippen LogP) is 2.95. The van der Waals surface area contributed by atoms with Gasteiger partial charge in [0, 0.05) is 19.2 Å². The van der Waals surface area contributed by atoms with E-state index in [-0.39, 0.29) is 5.91 Å². The van der Waals surface area contributed by atoms with Gasteiger partial charge in [0.1, 0.15) is 11.5 Å². The third-order valence-corrected chi connectivity index (χ3v) is 5.57. The second kappa shape index (κ2) is 10.2. The standard InChI is InChI=1S/C21H28N2O5S/c1-5-19(21(24)22-15-16-9-7-8-10-20(16)27-6-2)28-18-13-11-17(12-14-18)23(3)29(4,25)26/h7-14,19H,5-6,15H2,1-4H3,(H,22,24)/t19-/m1/s1. The van der Waals surface area contributed by atoms with Gasteiger partial charge < -0.3 is 14.8 Å². The number of benzene rings is 2. The van der Waals surface area contributed by atoms with Crippen LogP contribution in [0.25, 0.3) is 0 Å². The molecule has 0 aliphatic rings. The quantitative estimate of drug-likeness (QED) is 0.639. The summed E-state index contributed by atoms with van der Waals surface area (Å²) in [7, 11) is -1.85. The van der Waals surface area contributed by atoms with Gasteiger partial charge in [-0.1, -0.05) is 25.1 Å². The number of anilines is 1. The van der Waals surface area contributed by atoms with Crippen LogP contribution in [-0.4, -0.2) is 40.3 Å². The molecule has 29 heavy (non-hydrogen) atoms. The maximum Gasteiger partial charge on any atom is 0.261 e. The van der Waals surface area contributed by atoms with Crippen LogP contribution in [0.2, 0.25) is 0 Å². The van der Waals surface area contributed by atoms with Crippen LogP contribution in [0.4, 0.5) is 5.69 Å². The Morgan fingerprint density at radius 3 is 2.34 bits per heavy atom. The van der Waals surface area contributed by atoms with Crippen LogP contribution in [0.3, 0.4) is 0 Å². The van der Waals surface area contributed by atoms with Crippen molar-refractivity contribution in [2.45, 2.75) is 32.9 Å². The van der Waals surface area contributed by atoms with Crippen molar-refractivity contribution >= 4 is 21.6 Å². The fraction of sp³-hybridized carbons (Fsp3) is 0.381. The first-order chi connectivity index (χ1) is 13.8. The van der Waals surface area contributed by atoms with Gasteiger partial charge in [-0.2, -0.15) is 0 Å². The van der Waals surface area contributed by atoms with E-state index < -0.39 is 16.1 Å². The largest absolute Gasteiger partial charge is 0.494 e. The zero-order valence-electron chi connectivity index (χ0n) is 17.2. The molecule has 0 aromatic heterocycles. The Morgan fingerprint density at radius 2 is 1.76 bits per heavy atom. The van der Waals surface area contributed by atoms with Crippen molar-refractivity contribution in [2.24, 2.45) is 0 Å². The van der Waals surface area contributed by atoms with Gasteiger partial charge in [-0.05, 0) is 43.7 Å². The molecule has 0 unspecified atom stereocenters. The Labute approximate surface area is 172 Å². The molecule has 7 nitrogen and oxygen atoms in total. The molecule has 0 aliphatic heterocycles. The fourth-order valence-corrected chi connectivity index (χ4v) is 3.16. The maximum absolute atomic E-state index is 12.6. The summed E-state index contributed by atoms with van der Waals surface area (Å²) < 4.78 is 35.8. The Kier molecular flexibility index (Phi) is 7.90. The second-order valence-electron chi connectivity index (χ2n) is 6.50. The Balaban J connectivity index is 2.00. The van der Waals surface area contributed by atoms with Gasteiger partial charge in [-0.3, -0.25) is 9.10 Å². The third kappa shape index (κ3) is 6.39. The van der Waals surface area contributed by atoms with Crippen molar-refractivity contribution in [1.82, 2.24) is 5.32 Å². The molecule has 1 atom stereocenters. The number of hydrogen-bond acceptors (Lipinski definition) is 5. The molecular formula is C21H28N2O5S. The van der Waals surface area contributed by atoms with E-state index in [9.17, 15) is 13.2 Å². The molecule has 0 spiro atoms. The molecule has 2 rings (SSSR count). The van der Waals surface area contributed by atoms with Crippen LogP contribution in [0, 0.1) is 0 Å². The monoisotopic (exact) mass is 420 g/mol.